The van der Waals surface area contributed by atoms with Crippen LogP contribution in [0.4, 0.5) is 0 Å². The number of carbonyl (C=O) groups is 2. The number of carboxylic acid groups (broad SMARTS) is 1. The third-order valence-electron chi connectivity index (χ3n) is 4.36. The molecule has 2 heterocycles. The maximum Gasteiger partial charge on any atom is 0.324 e. The van der Waals surface area contributed by atoms with Crippen LogP contribution in [0.15, 0.2) is 0 Å². The Hall–Kier alpha value is -1.19. The molecule has 2 rings (SSSR count). The van der Waals surface area contributed by atoms with Crippen LogP contribution in [0.25, 0.3) is 0 Å². The highest BCUT2D eigenvalue weighted by molar-refractivity contribution is 7.86. The van der Waals surface area contributed by atoms with Crippen LogP contribution in [0.2, 0.25) is 0 Å². The van der Waals surface area contributed by atoms with Gasteiger partial charge in [-0.2, -0.15) is 17.0 Å². The van der Waals surface area contributed by atoms with Crippen LogP contribution in [0.3, 0.4) is 0 Å². The predicted octanol–water partition coefficient (Wildman–Crippen LogP) is 0.301. The molecule has 2 aliphatic rings. The summed E-state index contributed by atoms with van der Waals surface area (Å²) in [4.78, 5) is 23.2. The van der Waals surface area contributed by atoms with E-state index in [0.717, 1.165) is 0 Å². The van der Waals surface area contributed by atoms with Crippen LogP contribution < -0.4 is 0 Å². The zero-order chi connectivity index (χ0) is 17.2. The number of esters is 1. The number of rotatable bonds is 5. The van der Waals surface area contributed by atoms with Gasteiger partial charge in [0.2, 0.25) is 0 Å². The lowest BCUT2D eigenvalue weighted by molar-refractivity contribution is -0.147. The van der Waals surface area contributed by atoms with E-state index in [1.54, 1.807) is 6.92 Å². The molecule has 23 heavy (non-hydrogen) atoms. The Labute approximate surface area is 136 Å². The molecule has 3 atom stereocenters. The van der Waals surface area contributed by atoms with Gasteiger partial charge in [-0.3, -0.25) is 9.59 Å². The van der Waals surface area contributed by atoms with E-state index < -0.39 is 34.1 Å². The van der Waals surface area contributed by atoms with Crippen molar-refractivity contribution in [1.29, 1.82) is 0 Å². The first-order chi connectivity index (χ1) is 10.8. The number of nitrogens with zero attached hydrogens (tertiary/aromatic N) is 2. The van der Waals surface area contributed by atoms with E-state index >= 15 is 0 Å². The van der Waals surface area contributed by atoms with Crippen LogP contribution in [-0.2, 0) is 24.5 Å². The van der Waals surface area contributed by atoms with Crippen molar-refractivity contribution in [1.82, 2.24) is 8.61 Å². The summed E-state index contributed by atoms with van der Waals surface area (Å²) in [6, 6.07) is -0.805. The van der Waals surface area contributed by atoms with E-state index in [9.17, 15) is 23.1 Å². The fourth-order valence-corrected chi connectivity index (χ4v) is 5.29. The van der Waals surface area contributed by atoms with Gasteiger partial charge in [-0.05, 0) is 32.1 Å². The summed E-state index contributed by atoms with van der Waals surface area (Å²) in [5, 5.41) is 9.21. The van der Waals surface area contributed by atoms with Gasteiger partial charge < -0.3 is 9.84 Å². The molecule has 9 heteroatoms. The molecule has 0 aromatic carbocycles. The number of piperidine rings is 1. The van der Waals surface area contributed by atoms with Crippen molar-refractivity contribution >= 4 is 22.1 Å². The van der Waals surface area contributed by atoms with Gasteiger partial charge in [0.15, 0.2) is 0 Å². The molecule has 132 valence electrons. The number of carbonyl (C=O) groups excluding carboxylic acids is 1. The average Bonchev–Trinajstić information content (AvgIpc) is 2.97. The molecule has 0 amide bonds. The second kappa shape index (κ2) is 7.14. The second-order valence-electron chi connectivity index (χ2n) is 6.22. The van der Waals surface area contributed by atoms with Gasteiger partial charge in [-0.15, -0.1) is 0 Å². The quantitative estimate of drug-likeness (QED) is 0.717. The van der Waals surface area contributed by atoms with Gasteiger partial charge in [-0.1, -0.05) is 6.92 Å². The third kappa shape index (κ3) is 3.84. The van der Waals surface area contributed by atoms with E-state index in [4.69, 9.17) is 4.74 Å². The van der Waals surface area contributed by atoms with Crippen LogP contribution in [0.5, 0.6) is 0 Å². The minimum Gasteiger partial charge on any atom is -0.481 e. The van der Waals surface area contributed by atoms with Gasteiger partial charge in [0, 0.05) is 19.6 Å². The molecule has 0 aliphatic carbocycles. The summed E-state index contributed by atoms with van der Waals surface area (Å²) < 4.78 is 33.1. The minimum absolute atomic E-state index is 0.0386. The molecule has 3 unspecified atom stereocenters. The Bertz CT molecular complexity index is 564. The van der Waals surface area contributed by atoms with Crippen molar-refractivity contribution in [2.75, 3.05) is 26.2 Å². The van der Waals surface area contributed by atoms with Crippen molar-refractivity contribution in [2.24, 2.45) is 11.8 Å². The molecule has 2 fully saturated rings. The Balaban J connectivity index is 2.19. The van der Waals surface area contributed by atoms with E-state index in [0.29, 0.717) is 19.3 Å². The van der Waals surface area contributed by atoms with E-state index in [1.807, 2.05) is 6.92 Å². The second-order valence-corrected chi connectivity index (χ2v) is 8.10. The Morgan fingerprint density at radius 3 is 2.61 bits per heavy atom. The fourth-order valence-electron chi connectivity index (χ4n) is 3.31. The molecular formula is C14H24N2O6S. The fraction of sp³-hybridized carbons (Fsp3) is 0.857. The van der Waals surface area contributed by atoms with Gasteiger partial charge in [0.25, 0.3) is 10.2 Å². The van der Waals surface area contributed by atoms with Crippen molar-refractivity contribution in [3.8, 4) is 0 Å². The largest absolute Gasteiger partial charge is 0.481 e. The topological polar surface area (TPSA) is 104 Å². The summed E-state index contributed by atoms with van der Waals surface area (Å²) in [7, 11) is -3.87. The molecule has 2 saturated heterocycles. The zero-order valence-corrected chi connectivity index (χ0v) is 14.3. The smallest absolute Gasteiger partial charge is 0.324 e. The Kier molecular flexibility index (Phi) is 5.64. The maximum absolute atomic E-state index is 12.9. The normalized spacial score (nSPS) is 30.3. The van der Waals surface area contributed by atoms with Crippen LogP contribution in [0, 0.1) is 11.8 Å². The highest BCUT2D eigenvalue weighted by Crippen LogP contribution is 2.29. The number of ether oxygens (including phenoxy) is 1. The number of carboxylic acids is 1. The zero-order valence-electron chi connectivity index (χ0n) is 13.5. The highest BCUT2D eigenvalue weighted by Gasteiger charge is 2.45. The van der Waals surface area contributed by atoms with Gasteiger partial charge >= 0.3 is 11.9 Å². The number of hydrogen-bond donors (Lipinski definition) is 1. The van der Waals surface area contributed by atoms with Crippen LogP contribution in [-0.4, -0.2) is 66.4 Å². The lowest BCUT2D eigenvalue weighted by Gasteiger charge is -2.37. The monoisotopic (exact) mass is 348 g/mol. The maximum atomic E-state index is 12.9. The molecule has 8 nitrogen and oxygen atoms in total. The minimum atomic E-state index is -3.87. The Morgan fingerprint density at radius 1 is 1.30 bits per heavy atom. The van der Waals surface area contributed by atoms with Crippen molar-refractivity contribution in [2.45, 2.75) is 39.2 Å². The molecule has 0 aromatic rings. The third-order valence-corrected chi connectivity index (χ3v) is 6.34. The van der Waals surface area contributed by atoms with E-state index in [2.05, 4.69) is 0 Å². The number of aliphatic carboxylic acids is 1. The van der Waals surface area contributed by atoms with E-state index in [1.165, 1.54) is 8.61 Å². The standard InChI is InChI=1S/C14H24N2O6S/c1-3-22-14(19)12-5-4-6-16(12)23(20,21)15-8-10(2)7-11(9-15)13(17)18/h10-12H,3-9H2,1-2H3,(H,17,18). The summed E-state index contributed by atoms with van der Waals surface area (Å²) in [6.07, 6.45) is 1.49. The van der Waals surface area contributed by atoms with Gasteiger partial charge in [0.1, 0.15) is 6.04 Å². The number of hydrogen-bond acceptors (Lipinski definition) is 5. The summed E-state index contributed by atoms with van der Waals surface area (Å²) in [5.74, 6) is -2.27. The summed E-state index contributed by atoms with van der Waals surface area (Å²) in [5.41, 5.74) is 0. The van der Waals surface area contributed by atoms with Crippen molar-refractivity contribution in [3.63, 3.8) is 0 Å². The van der Waals surface area contributed by atoms with Crippen LogP contribution >= 0.6 is 0 Å². The summed E-state index contributed by atoms with van der Waals surface area (Å²) >= 11 is 0. The van der Waals surface area contributed by atoms with Crippen molar-refractivity contribution < 1.29 is 27.9 Å². The SMILES string of the molecule is CCOC(=O)C1CCCN1S(=O)(=O)N1CC(C)CC(C(=O)O)C1. The van der Waals surface area contributed by atoms with Crippen molar-refractivity contribution in [3.05, 3.63) is 0 Å². The molecule has 0 spiro atoms. The molecule has 1 N–H and O–H groups in total. The highest BCUT2D eigenvalue weighted by atomic mass is 32.2. The molecule has 2 aliphatic heterocycles. The first-order valence-electron chi connectivity index (χ1n) is 7.93. The molecular weight excluding hydrogens is 324 g/mol. The average molecular weight is 348 g/mol. The first kappa shape index (κ1) is 18.2. The first-order valence-corrected chi connectivity index (χ1v) is 9.33. The van der Waals surface area contributed by atoms with E-state index in [-0.39, 0.29) is 32.2 Å². The molecule has 0 bridgehead atoms. The predicted molar refractivity (Wildman–Crippen MR) is 81.8 cm³/mol. The lowest BCUT2D eigenvalue weighted by atomic mass is 9.92. The van der Waals surface area contributed by atoms with Crippen LogP contribution in [0.1, 0.15) is 33.1 Å². The lowest BCUT2D eigenvalue weighted by Crippen LogP contribution is -2.53. The molecule has 0 saturated carbocycles. The molecule has 0 radical (unpaired) electrons. The summed E-state index contributed by atoms with van der Waals surface area (Å²) in [6.45, 7) is 4.20. The van der Waals surface area contributed by atoms with Gasteiger partial charge in [0.05, 0.1) is 12.5 Å². The molecule has 0 aromatic heterocycles. The Morgan fingerprint density at radius 2 is 2.00 bits per heavy atom. The van der Waals surface area contributed by atoms with Gasteiger partial charge in [-0.25, -0.2) is 0 Å².